The second-order valence-electron chi connectivity index (χ2n) is 7.10. The lowest BCUT2D eigenvalue weighted by atomic mass is 10.1. The summed E-state index contributed by atoms with van der Waals surface area (Å²) in [5.74, 6) is 3.07. The summed E-state index contributed by atoms with van der Waals surface area (Å²) in [7, 11) is 0. The van der Waals surface area contributed by atoms with Gasteiger partial charge in [-0.2, -0.15) is 0 Å². The number of ether oxygens (including phenoxy) is 3. The predicted molar refractivity (Wildman–Crippen MR) is 122 cm³/mol. The number of fused-ring (bicyclic) bond motifs is 1. The molecule has 1 aromatic carbocycles. The summed E-state index contributed by atoms with van der Waals surface area (Å²) in [6, 6.07) is 6.12. The lowest BCUT2D eigenvalue weighted by Crippen LogP contribution is -2.40. The van der Waals surface area contributed by atoms with Crippen molar-refractivity contribution in [2.75, 3.05) is 59.3 Å². The van der Waals surface area contributed by atoms with Gasteiger partial charge >= 0.3 is 0 Å². The molecular weight excluding hydrogens is 471 g/mol. The molecule has 1 aromatic rings. The van der Waals surface area contributed by atoms with E-state index < -0.39 is 0 Å². The number of benzene rings is 1. The smallest absolute Gasteiger partial charge is 0.231 e. The topological polar surface area (TPSA) is 67.4 Å². The van der Waals surface area contributed by atoms with Gasteiger partial charge in [0.1, 0.15) is 0 Å². The Morgan fingerprint density at radius 3 is 2.75 bits per heavy atom. The third-order valence-corrected chi connectivity index (χ3v) is 4.72. The van der Waals surface area contributed by atoms with Gasteiger partial charge in [0.15, 0.2) is 17.5 Å². The Bertz CT molecular complexity index is 623. The summed E-state index contributed by atoms with van der Waals surface area (Å²) >= 11 is 0. The highest BCUT2D eigenvalue weighted by atomic mass is 127. The summed E-state index contributed by atoms with van der Waals surface area (Å²) in [4.78, 5) is 7.22. The second-order valence-corrected chi connectivity index (χ2v) is 7.10. The molecule has 28 heavy (non-hydrogen) atoms. The van der Waals surface area contributed by atoms with E-state index in [0.29, 0.717) is 12.7 Å². The summed E-state index contributed by atoms with van der Waals surface area (Å²) < 4.78 is 16.2. The SMILES string of the molecule is CCNC(=NCC(C)CN1CCOCC1)NCCc1ccc2c(c1)OCO2.I. The van der Waals surface area contributed by atoms with Crippen molar-refractivity contribution in [3.05, 3.63) is 23.8 Å². The molecule has 1 unspecified atom stereocenters. The molecule has 0 aromatic heterocycles. The van der Waals surface area contributed by atoms with Gasteiger partial charge in [-0.25, -0.2) is 0 Å². The van der Waals surface area contributed by atoms with Crippen LogP contribution in [-0.4, -0.2) is 70.1 Å². The molecule has 2 aliphatic rings. The van der Waals surface area contributed by atoms with Crippen LogP contribution in [0.5, 0.6) is 11.5 Å². The molecule has 0 bridgehead atoms. The van der Waals surface area contributed by atoms with E-state index in [9.17, 15) is 0 Å². The molecular formula is C20H33IN4O3. The van der Waals surface area contributed by atoms with Crippen LogP contribution in [0.25, 0.3) is 0 Å². The van der Waals surface area contributed by atoms with Gasteiger partial charge in [0.05, 0.1) is 13.2 Å². The third-order valence-electron chi connectivity index (χ3n) is 4.72. The Kier molecular flexibility index (Phi) is 10.1. The minimum Gasteiger partial charge on any atom is -0.454 e. The number of aliphatic imine (C=N–C) groups is 1. The van der Waals surface area contributed by atoms with Gasteiger partial charge in [-0.3, -0.25) is 9.89 Å². The average molecular weight is 504 g/mol. The minimum atomic E-state index is 0. The molecule has 0 radical (unpaired) electrons. The number of hydrogen-bond acceptors (Lipinski definition) is 5. The van der Waals surface area contributed by atoms with Gasteiger partial charge in [-0.1, -0.05) is 13.0 Å². The Balaban J connectivity index is 0.00000280. The Hall–Kier alpha value is -1.26. The summed E-state index contributed by atoms with van der Waals surface area (Å²) in [6.45, 7) is 12.0. The zero-order valence-electron chi connectivity index (χ0n) is 16.9. The molecule has 158 valence electrons. The molecule has 0 aliphatic carbocycles. The van der Waals surface area contributed by atoms with Crippen LogP contribution in [-0.2, 0) is 11.2 Å². The van der Waals surface area contributed by atoms with E-state index in [-0.39, 0.29) is 24.0 Å². The highest BCUT2D eigenvalue weighted by Crippen LogP contribution is 2.32. The van der Waals surface area contributed by atoms with Crippen molar-refractivity contribution in [2.24, 2.45) is 10.9 Å². The van der Waals surface area contributed by atoms with E-state index in [4.69, 9.17) is 19.2 Å². The van der Waals surface area contributed by atoms with Gasteiger partial charge in [-0.15, -0.1) is 24.0 Å². The van der Waals surface area contributed by atoms with Crippen LogP contribution < -0.4 is 20.1 Å². The zero-order chi connectivity index (χ0) is 18.9. The van der Waals surface area contributed by atoms with Crippen LogP contribution >= 0.6 is 24.0 Å². The van der Waals surface area contributed by atoms with Gasteiger partial charge in [0.25, 0.3) is 0 Å². The number of rotatable bonds is 8. The fourth-order valence-electron chi connectivity index (χ4n) is 3.29. The Morgan fingerprint density at radius 1 is 1.18 bits per heavy atom. The first-order valence-electron chi connectivity index (χ1n) is 9.95. The van der Waals surface area contributed by atoms with Crippen molar-refractivity contribution < 1.29 is 14.2 Å². The van der Waals surface area contributed by atoms with Gasteiger partial charge in [-0.05, 0) is 37.0 Å². The van der Waals surface area contributed by atoms with Crippen LogP contribution in [0.2, 0.25) is 0 Å². The van der Waals surface area contributed by atoms with Crippen LogP contribution in [0.15, 0.2) is 23.2 Å². The minimum absolute atomic E-state index is 0. The highest BCUT2D eigenvalue weighted by molar-refractivity contribution is 14.0. The quantitative estimate of drug-likeness (QED) is 0.321. The fourth-order valence-corrected chi connectivity index (χ4v) is 3.29. The van der Waals surface area contributed by atoms with Crippen molar-refractivity contribution in [1.82, 2.24) is 15.5 Å². The highest BCUT2D eigenvalue weighted by Gasteiger charge is 2.14. The predicted octanol–water partition coefficient (Wildman–Crippen LogP) is 2.10. The molecule has 1 fully saturated rings. The summed E-state index contributed by atoms with van der Waals surface area (Å²) in [5.41, 5.74) is 1.23. The maximum atomic E-state index is 5.44. The molecule has 2 heterocycles. The van der Waals surface area contributed by atoms with Gasteiger partial charge < -0.3 is 24.8 Å². The fraction of sp³-hybridized carbons (Fsp3) is 0.650. The van der Waals surface area contributed by atoms with Crippen molar-refractivity contribution in [2.45, 2.75) is 20.3 Å². The molecule has 1 atom stereocenters. The molecule has 3 rings (SSSR count). The maximum absolute atomic E-state index is 5.44. The Morgan fingerprint density at radius 2 is 1.96 bits per heavy atom. The van der Waals surface area contributed by atoms with Crippen molar-refractivity contribution in [3.8, 4) is 11.5 Å². The molecule has 0 amide bonds. The number of halogens is 1. The van der Waals surface area contributed by atoms with Crippen molar-refractivity contribution in [1.29, 1.82) is 0 Å². The molecule has 1 saturated heterocycles. The van der Waals surface area contributed by atoms with Crippen molar-refractivity contribution >= 4 is 29.9 Å². The number of nitrogens with zero attached hydrogens (tertiary/aromatic N) is 2. The summed E-state index contributed by atoms with van der Waals surface area (Å²) in [6.07, 6.45) is 0.907. The average Bonchev–Trinajstić information content (AvgIpc) is 3.15. The van der Waals surface area contributed by atoms with E-state index in [2.05, 4.69) is 41.5 Å². The largest absolute Gasteiger partial charge is 0.454 e. The first-order valence-corrected chi connectivity index (χ1v) is 9.95. The van der Waals surface area contributed by atoms with Crippen LogP contribution in [0.4, 0.5) is 0 Å². The summed E-state index contributed by atoms with van der Waals surface area (Å²) in [5, 5.41) is 6.76. The monoisotopic (exact) mass is 504 g/mol. The van der Waals surface area contributed by atoms with Gasteiger partial charge in [0.2, 0.25) is 6.79 Å². The molecule has 0 saturated carbocycles. The third kappa shape index (κ3) is 7.29. The molecule has 2 aliphatic heterocycles. The van der Waals surface area contributed by atoms with Crippen LogP contribution in [0.1, 0.15) is 19.4 Å². The second kappa shape index (κ2) is 12.3. The van der Waals surface area contributed by atoms with Crippen LogP contribution in [0, 0.1) is 5.92 Å². The zero-order valence-corrected chi connectivity index (χ0v) is 19.2. The molecule has 8 heteroatoms. The van der Waals surface area contributed by atoms with E-state index in [0.717, 1.165) is 76.4 Å². The number of hydrogen-bond donors (Lipinski definition) is 2. The Labute approximate surface area is 185 Å². The van der Waals surface area contributed by atoms with Crippen LogP contribution in [0.3, 0.4) is 0 Å². The van der Waals surface area contributed by atoms with Gasteiger partial charge in [0, 0.05) is 39.3 Å². The lowest BCUT2D eigenvalue weighted by Gasteiger charge is -2.28. The molecule has 7 nitrogen and oxygen atoms in total. The first-order chi connectivity index (χ1) is 13.2. The maximum Gasteiger partial charge on any atom is 0.231 e. The van der Waals surface area contributed by atoms with E-state index in [1.54, 1.807) is 0 Å². The number of nitrogens with one attached hydrogen (secondary N) is 2. The van der Waals surface area contributed by atoms with E-state index >= 15 is 0 Å². The lowest BCUT2D eigenvalue weighted by molar-refractivity contribution is 0.0323. The number of guanidine groups is 1. The number of morpholine rings is 1. The normalized spacial score (nSPS) is 17.7. The molecule has 0 spiro atoms. The standard InChI is InChI=1S/C20H32N4O3.HI/c1-3-21-20(23-13-16(2)14-24-8-10-25-11-9-24)22-7-6-17-4-5-18-19(12-17)27-15-26-18;/h4-5,12,16H,3,6-11,13-15H2,1-2H3,(H2,21,22,23);1H. The van der Waals surface area contributed by atoms with E-state index in [1.165, 1.54) is 5.56 Å². The van der Waals surface area contributed by atoms with E-state index in [1.807, 2.05) is 6.07 Å². The molecule has 2 N–H and O–H groups in total. The first kappa shape index (κ1) is 23.0. The van der Waals surface area contributed by atoms with Crippen molar-refractivity contribution in [3.63, 3.8) is 0 Å².